The fourth-order valence-electron chi connectivity index (χ4n) is 2.40. The van der Waals surface area contributed by atoms with Crippen LogP contribution in [-0.4, -0.2) is 21.8 Å². The molecule has 142 valence electrons. The highest BCUT2D eigenvalue weighted by molar-refractivity contribution is 7.98. The minimum Gasteiger partial charge on any atom is -0.314 e. The second-order valence-electron chi connectivity index (χ2n) is 5.87. The van der Waals surface area contributed by atoms with Crippen molar-refractivity contribution in [3.63, 3.8) is 0 Å². The van der Waals surface area contributed by atoms with Crippen molar-refractivity contribution in [1.29, 1.82) is 0 Å². The standard InChI is InChI=1S/C20H18N4O3S/c1-13(25)21-17-16(22-18(26)15-10-6-3-7-11-15)19(27)24-20(23-17)28-12-14-8-4-2-5-9-14/h2-11H,12H2,1H3,(H,22,26)(H2,21,23,24,25,27). The highest BCUT2D eigenvalue weighted by Gasteiger charge is 2.16. The number of nitrogens with zero attached hydrogens (tertiary/aromatic N) is 1. The summed E-state index contributed by atoms with van der Waals surface area (Å²) in [6.45, 7) is 1.31. The molecule has 8 heteroatoms. The van der Waals surface area contributed by atoms with E-state index in [4.69, 9.17) is 0 Å². The van der Waals surface area contributed by atoms with Gasteiger partial charge in [0.1, 0.15) is 0 Å². The number of carbonyl (C=O) groups excluding carboxylic acids is 2. The molecule has 0 aliphatic heterocycles. The molecule has 0 atom stereocenters. The van der Waals surface area contributed by atoms with Crippen molar-refractivity contribution in [1.82, 2.24) is 9.97 Å². The number of hydrogen-bond donors (Lipinski definition) is 3. The zero-order valence-corrected chi connectivity index (χ0v) is 15.9. The number of hydrogen-bond acceptors (Lipinski definition) is 5. The van der Waals surface area contributed by atoms with Gasteiger partial charge in [-0.2, -0.15) is 0 Å². The summed E-state index contributed by atoms with van der Waals surface area (Å²) in [4.78, 5) is 43.4. The van der Waals surface area contributed by atoms with Gasteiger partial charge in [0.15, 0.2) is 16.7 Å². The van der Waals surface area contributed by atoms with Crippen LogP contribution in [-0.2, 0) is 10.5 Å². The summed E-state index contributed by atoms with van der Waals surface area (Å²) < 4.78 is 0. The van der Waals surface area contributed by atoms with E-state index >= 15 is 0 Å². The van der Waals surface area contributed by atoms with E-state index in [0.29, 0.717) is 16.5 Å². The molecule has 0 radical (unpaired) electrons. The average Bonchev–Trinajstić information content (AvgIpc) is 2.70. The summed E-state index contributed by atoms with van der Waals surface area (Å²) in [6, 6.07) is 18.2. The quantitative estimate of drug-likeness (QED) is 0.440. The van der Waals surface area contributed by atoms with Crippen LogP contribution in [0.25, 0.3) is 0 Å². The molecule has 28 heavy (non-hydrogen) atoms. The summed E-state index contributed by atoms with van der Waals surface area (Å²) in [7, 11) is 0. The predicted octanol–water partition coefficient (Wildman–Crippen LogP) is 3.27. The topological polar surface area (TPSA) is 104 Å². The molecule has 3 N–H and O–H groups in total. The molecule has 0 aliphatic rings. The van der Waals surface area contributed by atoms with Crippen LogP contribution in [0.5, 0.6) is 0 Å². The van der Waals surface area contributed by atoms with E-state index in [-0.39, 0.29) is 11.5 Å². The third kappa shape index (κ3) is 5.08. The van der Waals surface area contributed by atoms with Crippen LogP contribution in [0.4, 0.5) is 11.5 Å². The van der Waals surface area contributed by atoms with Crippen LogP contribution in [0.3, 0.4) is 0 Å². The lowest BCUT2D eigenvalue weighted by Gasteiger charge is -2.11. The molecule has 0 spiro atoms. The fourth-order valence-corrected chi connectivity index (χ4v) is 3.21. The van der Waals surface area contributed by atoms with E-state index < -0.39 is 17.4 Å². The minimum absolute atomic E-state index is 0.0103. The third-order valence-corrected chi connectivity index (χ3v) is 4.63. The normalized spacial score (nSPS) is 10.3. The van der Waals surface area contributed by atoms with E-state index in [1.165, 1.54) is 18.7 Å². The largest absolute Gasteiger partial charge is 0.314 e. The number of benzene rings is 2. The molecule has 0 unspecified atom stereocenters. The maximum atomic E-state index is 12.5. The van der Waals surface area contributed by atoms with Gasteiger partial charge in [-0.25, -0.2) is 4.98 Å². The summed E-state index contributed by atoms with van der Waals surface area (Å²) in [6.07, 6.45) is 0. The molecule has 1 aromatic heterocycles. The van der Waals surface area contributed by atoms with Gasteiger partial charge >= 0.3 is 0 Å². The monoisotopic (exact) mass is 394 g/mol. The van der Waals surface area contributed by atoms with Gasteiger partial charge in [0, 0.05) is 18.2 Å². The van der Waals surface area contributed by atoms with Gasteiger partial charge in [0.25, 0.3) is 11.5 Å². The van der Waals surface area contributed by atoms with Crippen molar-refractivity contribution < 1.29 is 9.59 Å². The van der Waals surface area contributed by atoms with Gasteiger partial charge in [0.2, 0.25) is 5.91 Å². The molecule has 3 aromatic rings. The lowest BCUT2D eigenvalue weighted by molar-refractivity contribution is -0.114. The molecule has 0 bridgehead atoms. The maximum Gasteiger partial charge on any atom is 0.277 e. The SMILES string of the molecule is CC(=O)Nc1nc(SCc2ccccc2)[nH]c(=O)c1NC(=O)c1ccccc1. The van der Waals surface area contributed by atoms with Gasteiger partial charge in [-0.3, -0.25) is 19.4 Å². The molecule has 7 nitrogen and oxygen atoms in total. The van der Waals surface area contributed by atoms with Gasteiger partial charge in [0.05, 0.1) is 0 Å². The molecule has 0 aliphatic carbocycles. The number of nitrogens with one attached hydrogen (secondary N) is 3. The average molecular weight is 394 g/mol. The van der Waals surface area contributed by atoms with Crippen LogP contribution >= 0.6 is 11.8 Å². The molecule has 0 fully saturated rings. The Morgan fingerprint density at radius 3 is 2.29 bits per heavy atom. The number of aromatic nitrogens is 2. The Labute approximate surface area is 165 Å². The Morgan fingerprint density at radius 2 is 1.64 bits per heavy atom. The first-order valence-electron chi connectivity index (χ1n) is 8.48. The summed E-state index contributed by atoms with van der Waals surface area (Å²) in [5.41, 5.74) is 0.808. The van der Waals surface area contributed by atoms with Gasteiger partial charge in [-0.15, -0.1) is 0 Å². The van der Waals surface area contributed by atoms with Crippen LogP contribution in [0.15, 0.2) is 70.6 Å². The highest BCUT2D eigenvalue weighted by atomic mass is 32.2. The molecule has 2 aromatic carbocycles. The van der Waals surface area contributed by atoms with Crippen molar-refractivity contribution in [2.24, 2.45) is 0 Å². The van der Waals surface area contributed by atoms with Crippen molar-refractivity contribution in [3.8, 4) is 0 Å². The van der Waals surface area contributed by atoms with Gasteiger partial charge in [-0.1, -0.05) is 60.3 Å². The first-order valence-corrected chi connectivity index (χ1v) is 9.46. The number of carbonyl (C=O) groups is 2. The van der Waals surface area contributed by atoms with Crippen molar-refractivity contribution >= 4 is 35.1 Å². The van der Waals surface area contributed by atoms with Crippen molar-refractivity contribution in [3.05, 3.63) is 82.1 Å². The van der Waals surface area contributed by atoms with E-state index in [0.717, 1.165) is 5.56 Å². The molecular formula is C20H18N4O3S. The number of thioether (sulfide) groups is 1. The second kappa shape index (κ2) is 9.01. The molecule has 0 saturated carbocycles. The molecule has 0 saturated heterocycles. The number of aromatic amines is 1. The number of H-pyrrole nitrogens is 1. The Balaban J connectivity index is 1.86. The van der Waals surface area contributed by atoms with Crippen molar-refractivity contribution in [2.75, 3.05) is 10.6 Å². The molecule has 1 heterocycles. The van der Waals surface area contributed by atoms with Crippen molar-refractivity contribution in [2.45, 2.75) is 17.8 Å². The minimum atomic E-state index is -0.543. The van der Waals surface area contributed by atoms with E-state index in [1.54, 1.807) is 30.3 Å². The number of amides is 2. The summed E-state index contributed by atoms with van der Waals surface area (Å²) >= 11 is 1.32. The smallest absolute Gasteiger partial charge is 0.277 e. The van der Waals surface area contributed by atoms with Crippen LogP contribution in [0.1, 0.15) is 22.8 Å². The first-order chi connectivity index (χ1) is 13.5. The van der Waals surface area contributed by atoms with Crippen LogP contribution in [0, 0.1) is 0 Å². The maximum absolute atomic E-state index is 12.5. The van der Waals surface area contributed by atoms with E-state index in [2.05, 4.69) is 20.6 Å². The Morgan fingerprint density at radius 1 is 1.00 bits per heavy atom. The number of anilines is 2. The zero-order valence-electron chi connectivity index (χ0n) is 15.1. The predicted molar refractivity (Wildman–Crippen MR) is 110 cm³/mol. The Hall–Kier alpha value is -3.39. The fraction of sp³-hybridized carbons (Fsp3) is 0.100. The first kappa shape index (κ1) is 19.4. The molecule has 2 amide bonds. The summed E-state index contributed by atoms with van der Waals surface area (Å²) in [5, 5.41) is 5.39. The second-order valence-corrected chi connectivity index (χ2v) is 6.83. The summed E-state index contributed by atoms with van der Waals surface area (Å²) in [5.74, 6) is -0.258. The highest BCUT2D eigenvalue weighted by Crippen LogP contribution is 2.22. The third-order valence-electron chi connectivity index (χ3n) is 3.68. The van der Waals surface area contributed by atoms with Crippen LogP contribution < -0.4 is 16.2 Å². The zero-order chi connectivity index (χ0) is 19.9. The van der Waals surface area contributed by atoms with Crippen LogP contribution in [0.2, 0.25) is 0 Å². The molecule has 3 rings (SSSR count). The van der Waals surface area contributed by atoms with Gasteiger partial charge < -0.3 is 10.6 Å². The van der Waals surface area contributed by atoms with E-state index in [1.807, 2.05) is 30.3 Å². The Kier molecular flexibility index (Phi) is 6.23. The number of rotatable bonds is 6. The molecular weight excluding hydrogens is 376 g/mol. The van der Waals surface area contributed by atoms with Gasteiger partial charge in [-0.05, 0) is 17.7 Å². The lowest BCUT2D eigenvalue weighted by Crippen LogP contribution is -2.24. The lowest BCUT2D eigenvalue weighted by atomic mass is 10.2. The Bertz CT molecular complexity index is 1040. The van der Waals surface area contributed by atoms with E-state index in [9.17, 15) is 14.4 Å².